The number of hydrogen-bond donors (Lipinski definition) is 0. The molecule has 1 saturated carbocycles. The van der Waals surface area contributed by atoms with Crippen molar-refractivity contribution in [1.82, 2.24) is 0 Å². The first-order chi connectivity index (χ1) is 10.6. The molecule has 0 aromatic heterocycles. The molecular formula is C17H15NO4. The van der Waals surface area contributed by atoms with Crippen molar-refractivity contribution in [3.63, 3.8) is 0 Å². The zero-order chi connectivity index (χ0) is 15.4. The van der Waals surface area contributed by atoms with Crippen LogP contribution in [0.5, 0.6) is 0 Å². The molecule has 112 valence electrons. The van der Waals surface area contributed by atoms with Crippen molar-refractivity contribution in [1.29, 1.82) is 0 Å². The van der Waals surface area contributed by atoms with E-state index in [9.17, 15) is 14.4 Å². The van der Waals surface area contributed by atoms with Crippen LogP contribution in [0.15, 0.2) is 36.4 Å². The first-order valence-corrected chi connectivity index (χ1v) is 7.36. The Morgan fingerprint density at radius 3 is 2.36 bits per heavy atom. The monoisotopic (exact) mass is 297 g/mol. The lowest BCUT2D eigenvalue weighted by Crippen LogP contribution is -2.33. The second kappa shape index (κ2) is 4.53. The van der Waals surface area contributed by atoms with Crippen LogP contribution in [0.1, 0.15) is 16.8 Å². The van der Waals surface area contributed by atoms with E-state index in [0.29, 0.717) is 11.3 Å². The first kappa shape index (κ1) is 13.2. The number of anilines is 1. The highest BCUT2D eigenvalue weighted by molar-refractivity contribution is 6.23. The molecule has 3 aliphatic rings. The van der Waals surface area contributed by atoms with E-state index >= 15 is 0 Å². The molecule has 2 amide bonds. The number of fused-ring (bicyclic) bond motifs is 5. The van der Waals surface area contributed by atoms with Crippen LogP contribution in [0, 0.1) is 23.7 Å². The van der Waals surface area contributed by atoms with E-state index in [2.05, 4.69) is 16.9 Å². The van der Waals surface area contributed by atoms with E-state index in [0.717, 1.165) is 6.42 Å². The summed E-state index contributed by atoms with van der Waals surface area (Å²) in [6, 6.07) is 6.48. The number of ether oxygens (including phenoxy) is 1. The smallest absolute Gasteiger partial charge is 0.337 e. The number of amides is 2. The van der Waals surface area contributed by atoms with E-state index in [-0.39, 0.29) is 35.5 Å². The fourth-order valence-electron chi connectivity index (χ4n) is 4.05. The van der Waals surface area contributed by atoms with Gasteiger partial charge in [0.1, 0.15) is 0 Å². The quantitative estimate of drug-likeness (QED) is 0.474. The average molecular weight is 297 g/mol. The van der Waals surface area contributed by atoms with E-state index in [4.69, 9.17) is 0 Å². The molecule has 22 heavy (non-hydrogen) atoms. The summed E-state index contributed by atoms with van der Waals surface area (Å²) >= 11 is 0. The maximum absolute atomic E-state index is 12.7. The van der Waals surface area contributed by atoms with Crippen LogP contribution < -0.4 is 4.90 Å². The van der Waals surface area contributed by atoms with Gasteiger partial charge in [-0.15, -0.1) is 0 Å². The van der Waals surface area contributed by atoms with Crippen molar-refractivity contribution < 1.29 is 19.1 Å². The van der Waals surface area contributed by atoms with Crippen molar-refractivity contribution >= 4 is 23.5 Å². The summed E-state index contributed by atoms with van der Waals surface area (Å²) in [5.74, 6) is -0.875. The minimum absolute atomic E-state index is 0.145. The Kier molecular flexibility index (Phi) is 2.73. The van der Waals surface area contributed by atoms with Gasteiger partial charge in [0.2, 0.25) is 11.8 Å². The van der Waals surface area contributed by atoms with Crippen LogP contribution in [-0.2, 0) is 14.3 Å². The third-order valence-corrected chi connectivity index (χ3v) is 5.00. The summed E-state index contributed by atoms with van der Waals surface area (Å²) in [5.41, 5.74) is 0.783. The van der Waals surface area contributed by atoms with E-state index in [1.54, 1.807) is 18.2 Å². The highest BCUT2D eigenvalue weighted by Gasteiger charge is 2.59. The highest BCUT2D eigenvalue weighted by atomic mass is 16.5. The van der Waals surface area contributed by atoms with Crippen molar-refractivity contribution in [3.05, 3.63) is 42.0 Å². The van der Waals surface area contributed by atoms with Gasteiger partial charge in [-0.1, -0.05) is 18.2 Å². The van der Waals surface area contributed by atoms with Gasteiger partial charge >= 0.3 is 5.97 Å². The summed E-state index contributed by atoms with van der Waals surface area (Å²) < 4.78 is 4.69. The lowest BCUT2D eigenvalue weighted by molar-refractivity contribution is -0.123. The lowest BCUT2D eigenvalue weighted by Gasteiger charge is -2.17. The molecule has 1 heterocycles. The number of carbonyl (C=O) groups excluding carboxylic acids is 3. The summed E-state index contributed by atoms with van der Waals surface area (Å²) in [7, 11) is 1.30. The largest absolute Gasteiger partial charge is 0.465 e. The van der Waals surface area contributed by atoms with Gasteiger partial charge in [0, 0.05) is 0 Å². The lowest BCUT2D eigenvalue weighted by atomic mass is 9.85. The number of allylic oxidation sites excluding steroid dienone is 2. The molecule has 1 aromatic rings. The summed E-state index contributed by atoms with van der Waals surface area (Å²) in [4.78, 5) is 38.3. The highest BCUT2D eigenvalue weighted by Crippen LogP contribution is 2.53. The fourth-order valence-corrected chi connectivity index (χ4v) is 4.05. The normalized spacial score (nSPS) is 31.8. The van der Waals surface area contributed by atoms with Gasteiger partial charge in [-0.3, -0.25) is 9.59 Å². The van der Waals surface area contributed by atoms with Crippen LogP contribution in [0.3, 0.4) is 0 Å². The molecule has 2 aliphatic carbocycles. The number of benzene rings is 1. The molecule has 0 N–H and O–H groups in total. The molecule has 2 bridgehead atoms. The third-order valence-electron chi connectivity index (χ3n) is 5.00. The number of carbonyl (C=O) groups is 3. The SMILES string of the molecule is COC(=O)c1cccc(N2C(=O)[C@@H]3[C@@H](C2=O)[C@H]2C=C[C@@H]3C2)c1. The molecule has 1 saturated heterocycles. The van der Waals surface area contributed by atoms with Crippen LogP contribution in [-0.4, -0.2) is 24.9 Å². The number of imide groups is 1. The molecule has 1 aliphatic heterocycles. The molecule has 5 heteroatoms. The predicted molar refractivity (Wildman–Crippen MR) is 78.0 cm³/mol. The topological polar surface area (TPSA) is 63.7 Å². The third kappa shape index (κ3) is 1.62. The summed E-state index contributed by atoms with van der Waals surface area (Å²) in [6.45, 7) is 0. The second-order valence-corrected chi connectivity index (χ2v) is 6.05. The molecular weight excluding hydrogens is 282 g/mol. The van der Waals surface area contributed by atoms with E-state index in [1.165, 1.54) is 18.1 Å². The molecule has 2 fully saturated rings. The number of methoxy groups -OCH3 is 1. The maximum Gasteiger partial charge on any atom is 0.337 e. The van der Waals surface area contributed by atoms with Crippen molar-refractivity contribution in [2.45, 2.75) is 6.42 Å². The van der Waals surface area contributed by atoms with Gasteiger partial charge in [0.05, 0.1) is 30.2 Å². The zero-order valence-electron chi connectivity index (χ0n) is 12.1. The molecule has 1 aromatic carbocycles. The molecule has 4 atom stereocenters. The summed E-state index contributed by atoms with van der Waals surface area (Å²) in [5, 5.41) is 0. The minimum atomic E-state index is -0.483. The Morgan fingerprint density at radius 1 is 1.14 bits per heavy atom. The second-order valence-electron chi connectivity index (χ2n) is 6.05. The first-order valence-electron chi connectivity index (χ1n) is 7.36. The van der Waals surface area contributed by atoms with Gasteiger partial charge in [-0.25, -0.2) is 9.69 Å². The minimum Gasteiger partial charge on any atom is -0.465 e. The van der Waals surface area contributed by atoms with Crippen LogP contribution in [0.25, 0.3) is 0 Å². The van der Waals surface area contributed by atoms with E-state index < -0.39 is 5.97 Å². The van der Waals surface area contributed by atoms with Gasteiger partial charge in [0.15, 0.2) is 0 Å². The molecule has 4 rings (SSSR count). The van der Waals surface area contributed by atoms with Crippen LogP contribution in [0.2, 0.25) is 0 Å². The fraction of sp³-hybridized carbons (Fsp3) is 0.353. The Bertz CT molecular complexity index is 693. The average Bonchev–Trinajstić information content (AvgIpc) is 3.21. The molecule has 0 unspecified atom stereocenters. The Morgan fingerprint density at radius 2 is 1.77 bits per heavy atom. The number of hydrogen-bond acceptors (Lipinski definition) is 4. The maximum atomic E-state index is 12.7. The predicted octanol–water partition coefficient (Wildman–Crippen LogP) is 1.78. The Hall–Kier alpha value is -2.43. The molecule has 0 radical (unpaired) electrons. The van der Waals surface area contributed by atoms with Crippen molar-refractivity contribution in [3.8, 4) is 0 Å². The molecule has 5 nitrogen and oxygen atoms in total. The van der Waals surface area contributed by atoms with Gasteiger partial charge in [0.25, 0.3) is 0 Å². The number of nitrogens with zero attached hydrogens (tertiary/aromatic N) is 1. The van der Waals surface area contributed by atoms with Crippen LogP contribution in [0.4, 0.5) is 5.69 Å². The van der Waals surface area contributed by atoms with Gasteiger partial charge in [-0.2, -0.15) is 0 Å². The van der Waals surface area contributed by atoms with Crippen molar-refractivity contribution in [2.24, 2.45) is 23.7 Å². The Balaban J connectivity index is 1.71. The van der Waals surface area contributed by atoms with Gasteiger partial charge < -0.3 is 4.74 Å². The van der Waals surface area contributed by atoms with Gasteiger partial charge in [-0.05, 0) is 36.5 Å². The summed E-state index contributed by atoms with van der Waals surface area (Å²) in [6.07, 6.45) is 5.03. The van der Waals surface area contributed by atoms with Crippen LogP contribution >= 0.6 is 0 Å². The number of esters is 1. The van der Waals surface area contributed by atoms with Crippen molar-refractivity contribution in [2.75, 3.05) is 12.0 Å². The number of rotatable bonds is 2. The molecule has 0 spiro atoms. The standard InChI is InChI=1S/C17H15NO4/c1-22-17(21)11-3-2-4-12(8-11)18-15(19)13-9-5-6-10(7-9)14(13)16(18)20/h2-6,8-10,13-14H,7H2,1H3/t9-,10+,13-,14-/m0/s1. The van der Waals surface area contributed by atoms with E-state index in [1.807, 2.05) is 0 Å². The zero-order valence-corrected chi connectivity index (χ0v) is 12.1. The Labute approximate surface area is 127 Å².